The zero-order chi connectivity index (χ0) is 3.41. The molecule has 0 atom stereocenters. The molecule has 0 saturated heterocycles. The van der Waals surface area contributed by atoms with Crippen LogP contribution in [0.25, 0.3) is 0 Å². The molecule has 1 N–H and O–H groups in total. The zero-order valence-corrected chi connectivity index (χ0v) is 6.24. The van der Waals surface area contributed by atoms with Gasteiger partial charge in [0.1, 0.15) is 5.88 Å². The Kier molecular flexibility index (Phi) is 45.5. The summed E-state index contributed by atoms with van der Waals surface area (Å²) in [6.45, 7) is 0. The molecule has 30 valence electrons. The minimum Gasteiger partial charge on any atom is -0.870 e. The zero-order valence-electron chi connectivity index (χ0n) is 3.48. The van der Waals surface area contributed by atoms with Crippen LogP contribution in [0.1, 0.15) is 0 Å². The predicted molar refractivity (Wildman–Crippen MR) is 18.3 cm³/mol. The Bertz CT molecular complexity index is 43.3. The van der Waals surface area contributed by atoms with Crippen molar-refractivity contribution in [2.45, 2.75) is 0 Å². The van der Waals surface area contributed by atoms with Crippen molar-refractivity contribution in [3.63, 3.8) is 0 Å². The molecule has 0 aliphatic heterocycles. The number of hydrogen-bond acceptors (Lipinski definition) is 2. The van der Waals surface area contributed by atoms with Gasteiger partial charge in [0, 0.05) is 0 Å². The molecule has 0 radical (unpaired) electrons. The van der Waals surface area contributed by atoms with Crippen LogP contribution >= 0.6 is 11.6 Å². The van der Waals surface area contributed by atoms with Crippen molar-refractivity contribution in [3.8, 4) is 6.07 Å². The van der Waals surface area contributed by atoms with E-state index < -0.39 is 0 Å². The van der Waals surface area contributed by atoms with Gasteiger partial charge in [0.25, 0.3) is 0 Å². The van der Waals surface area contributed by atoms with Crippen LogP contribution in [0.4, 0.5) is 0 Å². The van der Waals surface area contributed by atoms with Gasteiger partial charge in [0.2, 0.25) is 0 Å². The normalized spacial score (nSPS) is 3.33. The average molecular weight is 115 g/mol. The largest absolute Gasteiger partial charge is 1.00 e. The second kappa shape index (κ2) is 17.2. The molecule has 0 spiro atoms. The van der Waals surface area contributed by atoms with Gasteiger partial charge in [-0.15, -0.1) is 11.6 Å². The summed E-state index contributed by atoms with van der Waals surface area (Å²) in [6.07, 6.45) is 0. The standard InChI is InChI=1S/C2H2ClN.Na.H2O/c3-1-2-4;;/h1H2;;1H2/q;+1;/p-1. The first-order valence-electron chi connectivity index (χ1n) is 0.844. The Morgan fingerprint density at radius 1 is 1.67 bits per heavy atom. The molecule has 0 aromatic carbocycles. The van der Waals surface area contributed by atoms with Crippen LogP contribution in [0.5, 0.6) is 0 Å². The van der Waals surface area contributed by atoms with E-state index in [-0.39, 0.29) is 40.9 Å². The van der Waals surface area contributed by atoms with Gasteiger partial charge in [0.05, 0.1) is 6.07 Å². The third-order valence-corrected chi connectivity index (χ3v) is 0.179. The van der Waals surface area contributed by atoms with Crippen molar-refractivity contribution < 1.29 is 35.0 Å². The van der Waals surface area contributed by atoms with Crippen molar-refractivity contribution in [1.29, 1.82) is 5.26 Å². The van der Waals surface area contributed by atoms with E-state index in [0.717, 1.165) is 0 Å². The van der Waals surface area contributed by atoms with Crippen molar-refractivity contribution in [2.24, 2.45) is 0 Å². The predicted octanol–water partition coefficient (Wildman–Crippen LogP) is -2.42. The van der Waals surface area contributed by atoms with Crippen LogP contribution < -0.4 is 29.6 Å². The summed E-state index contributed by atoms with van der Waals surface area (Å²) in [5.41, 5.74) is 0. The van der Waals surface area contributed by atoms with E-state index in [2.05, 4.69) is 0 Å². The molecule has 0 aliphatic rings. The monoisotopic (exact) mass is 115 g/mol. The van der Waals surface area contributed by atoms with Gasteiger partial charge in [-0.25, -0.2) is 0 Å². The van der Waals surface area contributed by atoms with Crippen molar-refractivity contribution in [3.05, 3.63) is 0 Å². The summed E-state index contributed by atoms with van der Waals surface area (Å²) >= 11 is 4.82. The molecule has 0 heterocycles. The molecule has 0 bridgehead atoms. The maximum Gasteiger partial charge on any atom is 1.00 e. The van der Waals surface area contributed by atoms with Crippen LogP contribution in [0.2, 0.25) is 0 Å². The summed E-state index contributed by atoms with van der Waals surface area (Å²) in [4.78, 5) is 0. The van der Waals surface area contributed by atoms with Crippen molar-refractivity contribution >= 4 is 11.6 Å². The van der Waals surface area contributed by atoms with Crippen molar-refractivity contribution in [2.75, 3.05) is 5.88 Å². The first-order valence-corrected chi connectivity index (χ1v) is 1.38. The van der Waals surface area contributed by atoms with E-state index in [4.69, 9.17) is 16.9 Å². The average Bonchev–Trinajstić information content (AvgIpc) is 1.37. The molecule has 0 aromatic rings. The summed E-state index contributed by atoms with van der Waals surface area (Å²) < 4.78 is 0. The minimum absolute atomic E-state index is 0. The third-order valence-electron chi connectivity index (χ3n) is 0.0598. The van der Waals surface area contributed by atoms with Gasteiger partial charge in [-0.05, 0) is 0 Å². The van der Waals surface area contributed by atoms with Gasteiger partial charge < -0.3 is 5.48 Å². The first kappa shape index (κ1) is 15.9. The number of hydrogen-bond donors (Lipinski definition) is 0. The molecule has 0 rings (SSSR count). The fourth-order valence-electron chi connectivity index (χ4n) is 0. The van der Waals surface area contributed by atoms with Crippen LogP contribution in [0.3, 0.4) is 0 Å². The smallest absolute Gasteiger partial charge is 0.870 e. The van der Waals surface area contributed by atoms with Crippen LogP contribution in [-0.2, 0) is 0 Å². The Labute approximate surface area is 63.7 Å². The molecule has 6 heavy (non-hydrogen) atoms. The van der Waals surface area contributed by atoms with Gasteiger partial charge in [0.15, 0.2) is 0 Å². The Morgan fingerprint density at radius 2 is 1.83 bits per heavy atom. The van der Waals surface area contributed by atoms with E-state index in [1.165, 1.54) is 0 Å². The van der Waals surface area contributed by atoms with Gasteiger partial charge in [-0.2, -0.15) is 5.26 Å². The van der Waals surface area contributed by atoms with E-state index in [1.807, 2.05) is 0 Å². The fourth-order valence-corrected chi connectivity index (χ4v) is 0. The van der Waals surface area contributed by atoms with E-state index in [0.29, 0.717) is 0 Å². The van der Waals surface area contributed by atoms with Gasteiger partial charge >= 0.3 is 29.6 Å². The maximum absolute atomic E-state index is 7.49. The van der Waals surface area contributed by atoms with Gasteiger partial charge in [-0.1, -0.05) is 0 Å². The number of nitrogens with zero attached hydrogens (tertiary/aromatic N) is 1. The topological polar surface area (TPSA) is 53.8 Å². The van der Waals surface area contributed by atoms with Crippen LogP contribution in [0.15, 0.2) is 0 Å². The van der Waals surface area contributed by atoms with E-state index >= 15 is 0 Å². The molecule has 0 aromatic heterocycles. The Balaban J connectivity index is -0.0000000450. The van der Waals surface area contributed by atoms with Crippen LogP contribution in [0, 0.1) is 11.3 Å². The first-order chi connectivity index (χ1) is 1.91. The summed E-state index contributed by atoms with van der Waals surface area (Å²) in [5, 5.41) is 7.49. The van der Waals surface area contributed by atoms with Crippen LogP contribution in [-0.4, -0.2) is 11.4 Å². The molecule has 0 fully saturated rings. The summed E-state index contributed by atoms with van der Waals surface area (Å²) in [7, 11) is 0. The molecule has 0 aliphatic carbocycles. The maximum atomic E-state index is 7.49. The SMILES string of the molecule is N#CCCl.[Na+].[OH-]. The quantitative estimate of drug-likeness (QED) is 0.261. The Morgan fingerprint density at radius 3 is 1.83 bits per heavy atom. The number of rotatable bonds is 0. The number of alkyl halides is 1. The van der Waals surface area contributed by atoms with Gasteiger partial charge in [-0.3, -0.25) is 0 Å². The molecular formula is C2H3ClNNaO. The minimum atomic E-state index is 0. The van der Waals surface area contributed by atoms with Crippen molar-refractivity contribution in [1.82, 2.24) is 0 Å². The molecule has 0 amide bonds. The third kappa shape index (κ3) is 21.9. The number of halogens is 1. The fraction of sp³-hybridized carbons (Fsp3) is 0.500. The molecule has 0 unspecified atom stereocenters. The molecule has 4 heteroatoms. The second-order valence-corrected chi connectivity index (χ2v) is 0.559. The summed E-state index contributed by atoms with van der Waals surface area (Å²) in [6, 6.07) is 1.70. The van der Waals surface area contributed by atoms with E-state index in [9.17, 15) is 0 Å². The molecular weight excluding hydrogens is 112 g/mol. The second-order valence-electron chi connectivity index (χ2n) is 0.292. The molecule has 0 saturated carbocycles. The number of nitriles is 1. The summed E-state index contributed by atoms with van der Waals surface area (Å²) in [5.74, 6) is 0.0972. The molecule has 2 nitrogen and oxygen atoms in total. The Hall–Kier alpha value is 0.740. The van der Waals surface area contributed by atoms with E-state index in [1.54, 1.807) is 6.07 Å².